The average molecular weight is 410 g/mol. The van der Waals surface area contributed by atoms with Crippen LogP contribution in [0.25, 0.3) is 11.2 Å². The number of aliphatic hydroxyl groups is 3. The highest BCUT2D eigenvalue weighted by Crippen LogP contribution is 2.32. The van der Waals surface area contributed by atoms with E-state index in [1.165, 1.54) is 17.2 Å². The van der Waals surface area contributed by atoms with Crippen molar-refractivity contribution < 1.29 is 20.1 Å². The van der Waals surface area contributed by atoms with Crippen LogP contribution in [0.4, 0.5) is 5.82 Å². The van der Waals surface area contributed by atoms with E-state index in [2.05, 4.69) is 26.3 Å². The summed E-state index contributed by atoms with van der Waals surface area (Å²) in [7, 11) is 0. The van der Waals surface area contributed by atoms with Gasteiger partial charge in [-0.2, -0.15) is 5.26 Å². The van der Waals surface area contributed by atoms with Crippen molar-refractivity contribution in [3.05, 3.63) is 48.0 Å². The summed E-state index contributed by atoms with van der Waals surface area (Å²) in [5, 5.41) is 41.5. The molecule has 10 nitrogen and oxygen atoms in total. The Morgan fingerprint density at radius 3 is 2.57 bits per heavy atom. The Morgan fingerprint density at radius 2 is 1.87 bits per heavy atom. The number of hydrogen-bond donors (Lipinski definition) is 4. The summed E-state index contributed by atoms with van der Waals surface area (Å²) >= 11 is 0. The number of ether oxygens (including phenoxy) is 1. The lowest BCUT2D eigenvalue weighted by Gasteiger charge is -2.16. The third-order valence-corrected chi connectivity index (χ3v) is 5.16. The first-order chi connectivity index (χ1) is 14.6. The van der Waals surface area contributed by atoms with E-state index in [-0.39, 0.29) is 0 Å². The fourth-order valence-corrected chi connectivity index (χ4v) is 3.52. The molecule has 1 aliphatic rings. The summed E-state index contributed by atoms with van der Waals surface area (Å²) in [6.07, 6.45) is -0.173. The van der Waals surface area contributed by atoms with Gasteiger partial charge in [0.15, 0.2) is 23.2 Å². The molecule has 0 amide bonds. The van der Waals surface area contributed by atoms with Gasteiger partial charge in [0.05, 0.1) is 25.4 Å². The number of nitrogens with one attached hydrogen (secondary N) is 1. The molecule has 1 saturated heterocycles. The van der Waals surface area contributed by atoms with Gasteiger partial charge in [0.1, 0.15) is 24.6 Å². The van der Waals surface area contributed by atoms with Crippen LogP contribution >= 0.6 is 0 Å². The summed E-state index contributed by atoms with van der Waals surface area (Å²) in [4.78, 5) is 12.8. The van der Waals surface area contributed by atoms with E-state index in [1.54, 1.807) is 0 Å². The molecule has 2 aromatic heterocycles. The molecule has 1 aromatic carbocycles. The molecule has 156 valence electrons. The van der Waals surface area contributed by atoms with Gasteiger partial charge in [0, 0.05) is 6.54 Å². The normalized spacial score (nSPS) is 23.5. The molecule has 0 unspecified atom stereocenters. The number of benzene rings is 1. The maximum Gasteiger partial charge on any atom is 0.167 e. The number of anilines is 1. The van der Waals surface area contributed by atoms with E-state index in [0.717, 1.165) is 17.5 Å². The Balaban J connectivity index is 1.46. The zero-order valence-corrected chi connectivity index (χ0v) is 16.1. The first-order valence-electron chi connectivity index (χ1n) is 9.61. The lowest BCUT2D eigenvalue weighted by molar-refractivity contribution is -0.0511. The largest absolute Gasteiger partial charge is 0.394 e. The Kier molecular flexibility index (Phi) is 5.87. The van der Waals surface area contributed by atoms with Gasteiger partial charge in [-0.15, -0.1) is 0 Å². The second-order valence-corrected chi connectivity index (χ2v) is 7.10. The number of nitrogens with zero attached hydrogens (tertiary/aromatic N) is 5. The number of rotatable bonds is 7. The van der Waals surface area contributed by atoms with E-state index >= 15 is 0 Å². The van der Waals surface area contributed by atoms with Crippen molar-refractivity contribution in [2.24, 2.45) is 0 Å². The Morgan fingerprint density at radius 1 is 1.10 bits per heavy atom. The molecule has 0 saturated carbocycles. The van der Waals surface area contributed by atoms with Crippen LogP contribution in [-0.2, 0) is 17.6 Å². The predicted molar refractivity (Wildman–Crippen MR) is 106 cm³/mol. The highest BCUT2D eigenvalue weighted by atomic mass is 16.6. The summed E-state index contributed by atoms with van der Waals surface area (Å²) in [6, 6.07) is 10.0. The lowest BCUT2D eigenvalue weighted by Crippen LogP contribution is -2.33. The minimum absolute atomic E-state index is 0.398. The third kappa shape index (κ3) is 3.83. The van der Waals surface area contributed by atoms with Crippen LogP contribution in [0.2, 0.25) is 0 Å². The van der Waals surface area contributed by atoms with Gasteiger partial charge < -0.3 is 25.4 Å². The molecule has 4 atom stereocenters. The zero-order chi connectivity index (χ0) is 21.1. The summed E-state index contributed by atoms with van der Waals surface area (Å²) in [6.45, 7) is 0.213. The molecule has 4 N–H and O–H groups in total. The van der Waals surface area contributed by atoms with Crippen LogP contribution in [-0.4, -0.2) is 66.3 Å². The molecule has 10 heteroatoms. The first kappa shape index (κ1) is 20.2. The van der Waals surface area contributed by atoms with Crippen molar-refractivity contribution in [3.8, 4) is 6.07 Å². The number of nitriles is 1. The molecular formula is C20H22N6O4. The Hall–Kier alpha value is -3.10. The third-order valence-electron chi connectivity index (χ3n) is 5.16. The van der Waals surface area contributed by atoms with Crippen LogP contribution in [0, 0.1) is 11.3 Å². The number of imidazole rings is 1. The van der Waals surface area contributed by atoms with Crippen molar-refractivity contribution in [3.63, 3.8) is 0 Å². The van der Waals surface area contributed by atoms with E-state index in [4.69, 9.17) is 10.00 Å². The number of fused-ring (bicyclic) bond motifs is 1. The van der Waals surface area contributed by atoms with Crippen LogP contribution in [0.5, 0.6) is 0 Å². The molecule has 0 bridgehead atoms. The maximum absolute atomic E-state index is 10.3. The van der Waals surface area contributed by atoms with E-state index in [0.29, 0.717) is 29.9 Å². The fourth-order valence-electron chi connectivity index (χ4n) is 3.52. The molecule has 1 aliphatic heterocycles. The summed E-state index contributed by atoms with van der Waals surface area (Å²) in [5.74, 6) is 0.548. The molecule has 30 heavy (non-hydrogen) atoms. The first-order valence-corrected chi connectivity index (χ1v) is 9.61. The van der Waals surface area contributed by atoms with Crippen molar-refractivity contribution >= 4 is 17.0 Å². The second kappa shape index (κ2) is 8.73. The van der Waals surface area contributed by atoms with E-state index in [9.17, 15) is 15.3 Å². The smallest absolute Gasteiger partial charge is 0.167 e. The van der Waals surface area contributed by atoms with Gasteiger partial charge in [0.25, 0.3) is 0 Å². The number of aromatic nitrogens is 4. The van der Waals surface area contributed by atoms with Crippen LogP contribution < -0.4 is 5.32 Å². The Bertz CT molecular complexity index is 1050. The second-order valence-electron chi connectivity index (χ2n) is 7.10. The zero-order valence-electron chi connectivity index (χ0n) is 16.1. The molecular weight excluding hydrogens is 388 g/mol. The highest BCUT2D eigenvalue weighted by Gasteiger charge is 2.44. The molecule has 4 rings (SSSR count). The number of aliphatic hydroxyl groups excluding tert-OH is 3. The molecule has 0 aliphatic carbocycles. The topological polar surface area (TPSA) is 149 Å². The fraction of sp³-hybridized carbons (Fsp3) is 0.400. The monoisotopic (exact) mass is 410 g/mol. The van der Waals surface area contributed by atoms with Gasteiger partial charge in [-0.1, -0.05) is 24.3 Å². The highest BCUT2D eigenvalue weighted by molar-refractivity contribution is 5.82. The molecule has 0 radical (unpaired) electrons. The lowest BCUT2D eigenvalue weighted by atomic mass is 10.1. The van der Waals surface area contributed by atoms with Crippen molar-refractivity contribution in [1.29, 1.82) is 5.26 Å². The van der Waals surface area contributed by atoms with Crippen LogP contribution in [0.3, 0.4) is 0 Å². The quantitative estimate of drug-likeness (QED) is 0.427. The van der Waals surface area contributed by atoms with Gasteiger partial charge >= 0.3 is 0 Å². The van der Waals surface area contributed by atoms with Crippen LogP contribution in [0.15, 0.2) is 36.9 Å². The van der Waals surface area contributed by atoms with Gasteiger partial charge in [-0.05, 0) is 17.5 Å². The van der Waals surface area contributed by atoms with Crippen molar-refractivity contribution in [2.45, 2.75) is 37.4 Å². The molecule has 3 heterocycles. The standard InChI is InChI=1S/C20H22N6O4/c21-7-5-12-1-3-13(4-2-12)6-8-22-18-15-19(24-10-23-18)26(11-25-15)20-17(29)16(28)14(9-27)30-20/h1-4,10-11,14,16-17,20,27-29H,5-6,8-9H2,(H,22,23,24)/t14-,16-,17-,20-/m1/s1. The van der Waals surface area contributed by atoms with E-state index in [1.807, 2.05) is 24.3 Å². The predicted octanol–water partition coefficient (Wildman–Crippen LogP) is 0.158. The minimum Gasteiger partial charge on any atom is -0.394 e. The molecule has 0 spiro atoms. The Labute approximate surface area is 172 Å². The van der Waals surface area contributed by atoms with E-state index < -0.39 is 31.1 Å². The number of hydrogen-bond acceptors (Lipinski definition) is 9. The summed E-state index contributed by atoms with van der Waals surface area (Å²) in [5.41, 5.74) is 3.08. The van der Waals surface area contributed by atoms with Crippen molar-refractivity contribution in [2.75, 3.05) is 18.5 Å². The summed E-state index contributed by atoms with van der Waals surface area (Å²) < 4.78 is 7.09. The SMILES string of the molecule is N#CCc1ccc(CCNc2ncnc3c2ncn3[C@@H]2O[C@H](CO)[C@@H](O)[C@H]2O)cc1. The van der Waals surface area contributed by atoms with Gasteiger partial charge in [0.2, 0.25) is 0 Å². The average Bonchev–Trinajstić information content (AvgIpc) is 3.31. The minimum atomic E-state index is -1.21. The maximum atomic E-state index is 10.3. The van der Waals surface area contributed by atoms with Crippen LogP contribution in [0.1, 0.15) is 17.4 Å². The van der Waals surface area contributed by atoms with Gasteiger partial charge in [-0.25, -0.2) is 15.0 Å². The van der Waals surface area contributed by atoms with Crippen molar-refractivity contribution in [1.82, 2.24) is 19.5 Å². The molecule has 3 aromatic rings. The van der Waals surface area contributed by atoms with Gasteiger partial charge in [-0.3, -0.25) is 4.57 Å². The molecule has 1 fully saturated rings.